The average molecular weight is 625 g/mol. The second-order valence-corrected chi connectivity index (χ2v) is 12.4. The molecule has 0 saturated carbocycles. The maximum absolute atomic E-state index is 14.1. The monoisotopic (exact) mass is 623 g/mol. The van der Waals surface area contributed by atoms with Gasteiger partial charge in [-0.2, -0.15) is 0 Å². The number of hydrogen-bond acceptors (Lipinski definition) is 4. The van der Waals surface area contributed by atoms with E-state index in [2.05, 4.69) is 5.32 Å². The molecule has 0 aliphatic rings. The van der Waals surface area contributed by atoms with Crippen molar-refractivity contribution in [3.63, 3.8) is 0 Å². The molecular weight excluding hydrogens is 593 g/mol. The molecule has 214 valence electrons. The summed E-state index contributed by atoms with van der Waals surface area (Å²) in [5.41, 5.74) is 0.827. The summed E-state index contributed by atoms with van der Waals surface area (Å²) in [5, 5.41) is 4.04. The van der Waals surface area contributed by atoms with Crippen LogP contribution in [0.4, 0.5) is 5.69 Å². The van der Waals surface area contributed by atoms with Crippen LogP contribution in [0.2, 0.25) is 15.1 Å². The number of rotatable bonds is 12. The van der Waals surface area contributed by atoms with Crippen LogP contribution in [-0.4, -0.2) is 43.8 Å². The van der Waals surface area contributed by atoms with Crippen LogP contribution in [0.25, 0.3) is 0 Å². The quantitative estimate of drug-likeness (QED) is 0.247. The number of amides is 2. The number of nitrogens with one attached hydrogen (secondary N) is 1. The van der Waals surface area contributed by atoms with Crippen molar-refractivity contribution in [2.75, 3.05) is 10.8 Å². The molecule has 0 unspecified atom stereocenters. The van der Waals surface area contributed by atoms with E-state index in [1.807, 2.05) is 13.8 Å². The van der Waals surface area contributed by atoms with Gasteiger partial charge in [0.05, 0.1) is 10.6 Å². The largest absolute Gasteiger partial charge is 0.352 e. The van der Waals surface area contributed by atoms with E-state index in [1.54, 1.807) is 49.4 Å². The molecule has 0 heterocycles. The second-order valence-electron chi connectivity index (χ2n) is 9.30. The van der Waals surface area contributed by atoms with Gasteiger partial charge < -0.3 is 10.2 Å². The van der Waals surface area contributed by atoms with Crippen LogP contribution in [0.1, 0.15) is 39.2 Å². The molecule has 11 heteroatoms. The van der Waals surface area contributed by atoms with Gasteiger partial charge in [0.15, 0.2) is 0 Å². The van der Waals surface area contributed by atoms with Crippen molar-refractivity contribution in [2.45, 2.75) is 57.1 Å². The number of hydrogen-bond donors (Lipinski definition) is 1. The van der Waals surface area contributed by atoms with Crippen LogP contribution in [0.3, 0.4) is 0 Å². The highest BCUT2D eigenvalue weighted by molar-refractivity contribution is 7.92. The maximum Gasteiger partial charge on any atom is 0.264 e. The molecule has 2 atom stereocenters. The molecule has 0 aliphatic heterocycles. The summed E-state index contributed by atoms with van der Waals surface area (Å²) < 4.78 is 28.7. The van der Waals surface area contributed by atoms with E-state index < -0.39 is 28.5 Å². The number of carbonyl (C=O) groups excluding carboxylic acids is 2. The molecule has 2 amide bonds. The molecule has 40 heavy (non-hydrogen) atoms. The standard InChI is InChI=1S/C29H32Cl3N3O4S/c1-4-20(3)33-29(37)27(5-2)34(18-21-9-6-7-12-26(21)32)28(36)19-35(24-11-8-10-23(31)17-24)40(38,39)25-15-13-22(30)14-16-25/h6-17,20,27H,4-5,18-19H2,1-3H3,(H,33,37)/t20-,27+/m1/s1. The molecule has 3 rings (SSSR count). The molecule has 0 radical (unpaired) electrons. The molecule has 3 aromatic carbocycles. The lowest BCUT2D eigenvalue weighted by Crippen LogP contribution is -2.53. The van der Waals surface area contributed by atoms with Gasteiger partial charge in [-0.3, -0.25) is 13.9 Å². The molecule has 0 fully saturated rings. The van der Waals surface area contributed by atoms with Crippen molar-refractivity contribution in [1.82, 2.24) is 10.2 Å². The topological polar surface area (TPSA) is 86.8 Å². The number of nitrogens with zero attached hydrogens (tertiary/aromatic N) is 2. The Kier molecular flexibility index (Phi) is 11.3. The predicted molar refractivity (Wildman–Crippen MR) is 161 cm³/mol. The lowest BCUT2D eigenvalue weighted by Gasteiger charge is -2.34. The molecule has 1 N–H and O–H groups in total. The first-order valence-corrected chi connectivity index (χ1v) is 15.4. The summed E-state index contributed by atoms with van der Waals surface area (Å²) in [5.74, 6) is -0.907. The highest BCUT2D eigenvalue weighted by Crippen LogP contribution is 2.28. The fourth-order valence-corrected chi connectivity index (χ4v) is 5.98. The normalized spacial score (nSPS) is 12.8. The highest BCUT2D eigenvalue weighted by Gasteiger charge is 2.34. The third kappa shape index (κ3) is 7.91. The van der Waals surface area contributed by atoms with E-state index in [0.717, 1.165) is 4.31 Å². The van der Waals surface area contributed by atoms with Gasteiger partial charge in [-0.15, -0.1) is 0 Å². The molecule has 0 aliphatic carbocycles. The van der Waals surface area contributed by atoms with Gasteiger partial charge in [0.1, 0.15) is 12.6 Å². The van der Waals surface area contributed by atoms with Crippen molar-refractivity contribution in [3.05, 3.63) is 93.4 Å². The zero-order chi connectivity index (χ0) is 29.4. The number of carbonyl (C=O) groups is 2. The molecular formula is C29H32Cl3N3O4S. The summed E-state index contributed by atoms with van der Waals surface area (Å²) in [6.07, 6.45) is 1.02. The van der Waals surface area contributed by atoms with E-state index in [1.165, 1.54) is 35.2 Å². The Bertz CT molecular complexity index is 1430. The van der Waals surface area contributed by atoms with Gasteiger partial charge in [-0.25, -0.2) is 8.42 Å². The smallest absolute Gasteiger partial charge is 0.264 e. The lowest BCUT2D eigenvalue weighted by molar-refractivity contribution is -0.140. The molecule has 3 aromatic rings. The van der Waals surface area contributed by atoms with Gasteiger partial charge in [-0.05, 0) is 73.9 Å². The third-order valence-electron chi connectivity index (χ3n) is 6.46. The van der Waals surface area contributed by atoms with E-state index in [4.69, 9.17) is 34.8 Å². The van der Waals surface area contributed by atoms with E-state index in [9.17, 15) is 18.0 Å². The fraction of sp³-hybridized carbons (Fsp3) is 0.310. The molecule has 0 saturated heterocycles. The van der Waals surface area contributed by atoms with Crippen LogP contribution in [0, 0.1) is 0 Å². The van der Waals surface area contributed by atoms with Crippen molar-refractivity contribution >= 4 is 62.3 Å². The number of sulfonamides is 1. The summed E-state index contributed by atoms with van der Waals surface area (Å²) in [7, 11) is -4.23. The van der Waals surface area contributed by atoms with Gasteiger partial charge in [0.25, 0.3) is 10.0 Å². The van der Waals surface area contributed by atoms with Crippen LogP contribution < -0.4 is 9.62 Å². The van der Waals surface area contributed by atoms with Crippen LogP contribution in [-0.2, 0) is 26.2 Å². The minimum atomic E-state index is -4.23. The minimum Gasteiger partial charge on any atom is -0.352 e. The zero-order valence-electron chi connectivity index (χ0n) is 22.5. The molecule has 0 bridgehead atoms. The summed E-state index contributed by atoms with van der Waals surface area (Å²) in [6.45, 7) is 5.05. The number of anilines is 1. The first-order valence-electron chi connectivity index (χ1n) is 12.8. The SMILES string of the molecule is CC[C@@H](C)NC(=O)[C@H](CC)N(Cc1ccccc1Cl)C(=O)CN(c1cccc(Cl)c1)S(=O)(=O)c1ccc(Cl)cc1. The van der Waals surface area contributed by atoms with Crippen molar-refractivity contribution in [3.8, 4) is 0 Å². The van der Waals surface area contributed by atoms with Crippen molar-refractivity contribution < 1.29 is 18.0 Å². The Morgan fingerprint density at radius 1 is 0.875 bits per heavy atom. The summed E-state index contributed by atoms with van der Waals surface area (Å²) in [6, 6.07) is 17.9. The molecule has 0 spiro atoms. The Morgan fingerprint density at radius 2 is 1.55 bits per heavy atom. The molecule has 0 aromatic heterocycles. The van der Waals surface area contributed by atoms with Gasteiger partial charge in [0.2, 0.25) is 11.8 Å². The Hall–Kier alpha value is -2.78. The highest BCUT2D eigenvalue weighted by atomic mass is 35.5. The summed E-state index contributed by atoms with van der Waals surface area (Å²) in [4.78, 5) is 28.7. The average Bonchev–Trinajstić information content (AvgIpc) is 2.92. The first-order chi connectivity index (χ1) is 19.0. The van der Waals surface area contributed by atoms with E-state index in [-0.39, 0.29) is 29.1 Å². The van der Waals surface area contributed by atoms with Crippen LogP contribution >= 0.6 is 34.8 Å². The Balaban J connectivity index is 2.07. The molecule has 7 nitrogen and oxygen atoms in total. The number of halogens is 3. The Morgan fingerprint density at radius 3 is 2.15 bits per heavy atom. The van der Waals surface area contributed by atoms with Crippen LogP contribution in [0.15, 0.2) is 77.7 Å². The third-order valence-corrected chi connectivity index (χ3v) is 9.11. The minimum absolute atomic E-state index is 0.00924. The lowest BCUT2D eigenvalue weighted by atomic mass is 10.1. The Labute approximate surface area is 251 Å². The maximum atomic E-state index is 14.1. The van der Waals surface area contributed by atoms with Gasteiger partial charge >= 0.3 is 0 Å². The van der Waals surface area contributed by atoms with E-state index in [0.29, 0.717) is 33.5 Å². The predicted octanol–water partition coefficient (Wildman–Crippen LogP) is 6.56. The first kappa shape index (κ1) is 31.7. The summed E-state index contributed by atoms with van der Waals surface area (Å²) >= 11 is 18.6. The number of benzene rings is 3. The zero-order valence-corrected chi connectivity index (χ0v) is 25.6. The second kappa shape index (κ2) is 14.2. The van der Waals surface area contributed by atoms with Crippen molar-refractivity contribution in [2.24, 2.45) is 0 Å². The van der Waals surface area contributed by atoms with E-state index >= 15 is 0 Å². The fourth-order valence-electron chi connectivity index (χ4n) is 4.06. The van der Waals surface area contributed by atoms with Crippen molar-refractivity contribution in [1.29, 1.82) is 0 Å². The van der Waals surface area contributed by atoms with Gasteiger partial charge in [-0.1, -0.05) is 72.9 Å². The van der Waals surface area contributed by atoms with Crippen LogP contribution in [0.5, 0.6) is 0 Å². The van der Waals surface area contributed by atoms with Gasteiger partial charge in [0, 0.05) is 27.7 Å².